The molecule has 0 spiro atoms. The Balaban J connectivity index is 6.36. The van der Waals surface area contributed by atoms with Crippen molar-refractivity contribution in [3.05, 3.63) is 12.7 Å². The lowest BCUT2D eigenvalue weighted by Crippen LogP contribution is -2.72. The molecule has 0 aromatic rings. The first-order valence-electron chi connectivity index (χ1n) is 6.66. The van der Waals surface area contributed by atoms with Gasteiger partial charge >= 0.3 is 41.1 Å². The molecule has 0 fully saturated rings. The maximum Gasteiger partial charge on any atom is 0.460 e. The number of alkyl halides is 13. The zero-order chi connectivity index (χ0) is 24.8. The van der Waals surface area contributed by atoms with E-state index in [1.54, 1.807) is 0 Å². The predicted octanol–water partition coefficient (Wildman–Crippen LogP) is 3.68. The summed E-state index contributed by atoms with van der Waals surface area (Å²) in [6.07, 6.45) is -9.92. The molecule has 1 unspecified atom stereocenters. The van der Waals surface area contributed by atoms with Crippen LogP contribution in [0.25, 0.3) is 0 Å². The molecule has 0 saturated heterocycles. The van der Waals surface area contributed by atoms with Crippen LogP contribution in [0.15, 0.2) is 12.7 Å². The minimum atomic E-state index is -8.28. The normalized spacial score (nSPS) is 16.2. The second-order valence-corrected chi connectivity index (χ2v) is 6.97. The SMILES string of the molecule is C=CC(=O)OC(C)NS(=O)(=O)C(F)(F)C(F)(F)C(F)(F)C(F)(F)C(F)(F)C(F)(F)F. The summed E-state index contributed by atoms with van der Waals surface area (Å²) in [5.41, 5.74) is 0. The largest absolute Gasteiger partial charge is 0.460 e. The third kappa shape index (κ3) is 4.17. The van der Waals surface area contributed by atoms with Gasteiger partial charge in [-0.25, -0.2) is 13.2 Å². The van der Waals surface area contributed by atoms with Crippen molar-refractivity contribution in [2.45, 2.75) is 48.3 Å². The zero-order valence-corrected chi connectivity index (χ0v) is 14.6. The van der Waals surface area contributed by atoms with Gasteiger partial charge in [0.15, 0.2) is 6.23 Å². The fourth-order valence-electron chi connectivity index (χ4n) is 1.46. The molecule has 0 rings (SSSR count). The van der Waals surface area contributed by atoms with Gasteiger partial charge in [-0.05, 0) is 6.92 Å². The molecule has 0 aromatic carbocycles. The smallest absolute Gasteiger partial charge is 0.443 e. The number of rotatable bonds is 9. The van der Waals surface area contributed by atoms with Crippen molar-refractivity contribution in [1.29, 1.82) is 0 Å². The number of sulfonamides is 1. The van der Waals surface area contributed by atoms with Crippen molar-refractivity contribution in [3.63, 3.8) is 0 Å². The lowest BCUT2D eigenvalue weighted by molar-refractivity contribution is -0.433. The first-order chi connectivity index (χ1) is 12.8. The molecule has 0 aromatic heterocycles. The van der Waals surface area contributed by atoms with E-state index >= 15 is 0 Å². The Labute approximate surface area is 157 Å². The molecule has 5 nitrogen and oxygen atoms in total. The second kappa shape index (κ2) is 7.72. The lowest BCUT2D eigenvalue weighted by Gasteiger charge is -2.39. The van der Waals surface area contributed by atoms with E-state index in [-0.39, 0.29) is 6.08 Å². The number of carbonyl (C=O) groups is 1. The molecule has 30 heavy (non-hydrogen) atoms. The van der Waals surface area contributed by atoms with Gasteiger partial charge in [0, 0.05) is 6.08 Å². The summed E-state index contributed by atoms with van der Waals surface area (Å²) in [6, 6.07) is 0. The van der Waals surface area contributed by atoms with Gasteiger partial charge in [0.2, 0.25) is 0 Å². The van der Waals surface area contributed by atoms with Crippen molar-refractivity contribution in [3.8, 4) is 0 Å². The van der Waals surface area contributed by atoms with E-state index in [1.807, 2.05) is 0 Å². The summed E-state index contributed by atoms with van der Waals surface area (Å²) in [5, 5.41) is -7.43. The summed E-state index contributed by atoms with van der Waals surface area (Å²) in [5.74, 6) is -34.2. The van der Waals surface area contributed by atoms with Crippen LogP contribution < -0.4 is 4.72 Å². The second-order valence-electron chi connectivity index (χ2n) is 5.22. The average molecular weight is 497 g/mol. The van der Waals surface area contributed by atoms with Crippen LogP contribution >= 0.6 is 0 Å². The number of carbonyl (C=O) groups excluding carboxylic acids is 1. The predicted molar refractivity (Wildman–Crippen MR) is 68.6 cm³/mol. The molecule has 1 N–H and O–H groups in total. The number of hydrogen-bond acceptors (Lipinski definition) is 4. The van der Waals surface area contributed by atoms with E-state index in [9.17, 15) is 70.3 Å². The van der Waals surface area contributed by atoms with Crippen LogP contribution in [-0.4, -0.2) is 55.7 Å². The third-order valence-corrected chi connectivity index (χ3v) is 4.60. The monoisotopic (exact) mass is 497 g/mol. The van der Waals surface area contributed by atoms with Crippen molar-refractivity contribution in [2.24, 2.45) is 0 Å². The average Bonchev–Trinajstić information content (AvgIpc) is 2.51. The molecule has 0 aliphatic carbocycles. The molecule has 0 aliphatic heterocycles. The third-order valence-electron chi connectivity index (χ3n) is 3.02. The Morgan fingerprint density at radius 1 is 0.833 bits per heavy atom. The Morgan fingerprint density at radius 2 is 1.20 bits per heavy atom. The number of hydrogen-bond donors (Lipinski definition) is 1. The minimum Gasteiger partial charge on any atom is -0.443 e. The summed E-state index contributed by atoms with van der Waals surface area (Å²) < 4.78 is 194. The van der Waals surface area contributed by atoms with Crippen LogP contribution in [0.5, 0.6) is 0 Å². The fraction of sp³-hybridized carbons (Fsp3) is 0.727. The Hall–Kier alpha value is -1.79. The molecule has 0 radical (unpaired) electrons. The Bertz CT molecular complexity index is 774. The van der Waals surface area contributed by atoms with Crippen molar-refractivity contribution < 1.29 is 75.0 Å². The van der Waals surface area contributed by atoms with Gasteiger partial charge in [0.25, 0.3) is 10.0 Å². The first kappa shape index (κ1) is 28.2. The maximum absolute atomic E-state index is 13.6. The van der Waals surface area contributed by atoms with E-state index in [2.05, 4.69) is 11.3 Å². The van der Waals surface area contributed by atoms with Crippen molar-refractivity contribution in [2.75, 3.05) is 0 Å². The summed E-state index contributed by atoms with van der Waals surface area (Å²) >= 11 is 0. The highest BCUT2D eigenvalue weighted by atomic mass is 32.2. The molecule has 0 saturated carbocycles. The van der Waals surface area contributed by atoms with Crippen LogP contribution in [0.2, 0.25) is 0 Å². The number of halogens is 13. The summed E-state index contributed by atoms with van der Waals surface area (Å²) in [4.78, 5) is 10.7. The van der Waals surface area contributed by atoms with Gasteiger partial charge in [0.1, 0.15) is 0 Å². The number of ether oxygens (including phenoxy) is 1. The molecular weight excluding hydrogens is 489 g/mol. The molecule has 19 heteroatoms. The zero-order valence-electron chi connectivity index (χ0n) is 13.8. The van der Waals surface area contributed by atoms with Crippen LogP contribution in [0.4, 0.5) is 57.1 Å². The van der Waals surface area contributed by atoms with Gasteiger partial charge < -0.3 is 4.74 Å². The highest BCUT2D eigenvalue weighted by molar-refractivity contribution is 7.90. The molecule has 0 heterocycles. The molecule has 178 valence electrons. The molecule has 0 aliphatic rings. The van der Waals surface area contributed by atoms with Crippen molar-refractivity contribution in [1.82, 2.24) is 4.72 Å². The Kier molecular flexibility index (Phi) is 7.26. The van der Waals surface area contributed by atoms with E-state index in [0.717, 1.165) is 0 Å². The van der Waals surface area contributed by atoms with Crippen LogP contribution in [0.3, 0.4) is 0 Å². The quantitative estimate of drug-likeness (QED) is 0.229. The van der Waals surface area contributed by atoms with Crippen LogP contribution in [0, 0.1) is 0 Å². The minimum absolute atomic E-state index is 0.269. The van der Waals surface area contributed by atoms with Gasteiger partial charge in [-0.3, -0.25) is 0 Å². The van der Waals surface area contributed by atoms with E-state index in [4.69, 9.17) is 0 Å². The molecule has 0 amide bonds. The van der Waals surface area contributed by atoms with E-state index in [1.165, 1.54) is 0 Å². The highest BCUT2D eigenvalue weighted by Crippen LogP contribution is 2.60. The Morgan fingerprint density at radius 3 is 1.53 bits per heavy atom. The van der Waals surface area contributed by atoms with Crippen LogP contribution in [0.1, 0.15) is 6.92 Å². The fourth-order valence-corrected chi connectivity index (χ4v) is 2.56. The molecule has 0 bridgehead atoms. The highest BCUT2D eigenvalue weighted by Gasteiger charge is 2.92. The standard InChI is InChI=1S/C11H8F13NO4S/c1-3-5(26)29-4(2)25-30(27,28)11(23,24)9(18,19)7(14,15)6(12,13)8(16,17)10(20,21)22/h3-4,25H,1H2,2H3. The van der Waals surface area contributed by atoms with Gasteiger partial charge in [-0.1, -0.05) is 6.58 Å². The molecule has 1 atom stereocenters. The van der Waals surface area contributed by atoms with Gasteiger partial charge in [-0.2, -0.15) is 61.8 Å². The first-order valence-corrected chi connectivity index (χ1v) is 8.14. The van der Waals surface area contributed by atoms with E-state index in [0.29, 0.717) is 11.6 Å². The summed E-state index contributed by atoms with van der Waals surface area (Å²) in [7, 11) is -7.28. The van der Waals surface area contributed by atoms with E-state index < -0.39 is 57.3 Å². The number of esters is 1. The lowest BCUT2D eigenvalue weighted by atomic mass is 9.98. The maximum atomic E-state index is 13.6. The van der Waals surface area contributed by atoms with Gasteiger partial charge in [0.05, 0.1) is 0 Å². The van der Waals surface area contributed by atoms with Crippen molar-refractivity contribution >= 4 is 16.0 Å². The van der Waals surface area contributed by atoms with Gasteiger partial charge in [-0.15, -0.1) is 0 Å². The number of nitrogens with one attached hydrogen (secondary N) is 1. The van der Waals surface area contributed by atoms with Crippen LogP contribution in [-0.2, 0) is 19.6 Å². The topological polar surface area (TPSA) is 72.5 Å². The summed E-state index contributed by atoms with van der Waals surface area (Å²) in [6.45, 7) is 3.05. The molecular formula is C11H8F13NO4S.